The number of amides is 5. The summed E-state index contributed by atoms with van der Waals surface area (Å²) < 4.78 is 49.8. The van der Waals surface area contributed by atoms with Crippen molar-refractivity contribution < 1.29 is 66.6 Å². The molecule has 6 rings (SSSR count). The van der Waals surface area contributed by atoms with Gasteiger partial charge in [-0.05, 0) is 40.8 Å². The molecule has 18 nitrogen and oxygen atoms in total. The average Bonchev–Trinajstić information content (AvgIpc) is 3.76. The van der Waals surface area contributed by atoms with Crippen molar-refractivity contribution in [2.24, 2.45) is 0 Å². The van der Waals surface area contributed by atoms with Crippen LogP contribution in [0.25, 0.3) is 11.1 Å². The highest BCUT2D eigenvalue weighted by Crippen LogP contribution is 2.44. The third kappa shape index (κ3) is 14.1. The number of fused-ring (bicyclic) bond motifs is 4. The summed E-state index contributed by atoms with van der Waals surface area (Å²) in [6.45, 7) is 7.59. The lowest BCUT2D eigenvalue weighted by molar-refractivity contribution is -0.136. The Hall–Kier alpha value is -5.31. The van der Waals surface area contributed by atoms with E-state index >= 15 is 0 Å². The molecule has 346 valence electrons. The van der Waals surface area contributed by atoms with Crippen molar-refractivity contribution in [1.82, 2.24) is 15.5 Å². The van der Waals surface area contributed by atoms with E-state index in [1.165, 1.54) is 22.3 Å². The summed E-state index contributed by atoms with van der Waals surface area (Å²) >= 11 is 0. The summed E-state index contributed by atoms with van der Waals surface area (Å²) in [5, 5.41) is 8.07. The summed E-state index contributed by atoms with van der Waals surface area (Å²) in [4.78, 5) is 63.2. The zero-order valence-electron chi connectivity index (χ0n) is 36.0. The molecule has 2 heterocycles. The maximum atomic E-state index is 13.2. The fourth-order valence-electron chi connectivity index (χ4n) is 7.44. The average molecular weight is 891 g/mol. The number of carbonyl (C=O) groups is 5. The van der Waals surface area contributed by atoms with Gasteiger partial charge in [-0.1, -0.05) is 54.6 Å². The van der Waals surface area contributed by atoms with Crippen LogP contribution in [0.1, 0.15) is 50.6 Å². The van der Waals surface area contributed by atoms with Crippen LogP contribution < -0.4 is 16.0 Å². The van der Waals surface area contributed by atoms with Crippen LogP contribution in [-0.4, -0.2) is 166 Å². The van der Waals surface area contributed by atoms with Crippen molar-refractivity contribution in [3.8, 4) is 11.1 Å². The standard InChI is InChI=1S/C46H58N4O14/c51-41-13-12-40(43(52)49-41)50-44(53)37-10-5-11-39(42(37)45(50)54)47-14-16-56-18-20-58-22-24-60-26-28-62-30-31-63-29-27-61-25-23-59-21-19-57-17-15-48-46(55)64-32-38-35-8-3-1-6-33(35)34-7-2-4-9-36(34)38/h1-11,38,40,47H,12-32H2,(H,48,55)(H,49,51,52). The van der Waals surface area contributed by atoms with Gasteiger partial charge in [-0.15, -0.1) is 0 Å². The summed E-state index contributed by atoms with van der Waals surface area (Å²) in [7, 11) is 0. The van der Waals surface area contributed by atoms with Gasteiger partial charge < -0.3 is 53.3 Å². The first kappa shape index (κ1) is 48.2. The fraction of sp³-hybridized carbons (Fsp3) is 0.500. The third-order valence-electron chi connectivity index (χ3n) is 10.5. The normalized spacial score (nSPS) is 15.6. The van der Waals surface area contributed by atoms with Gasteiger partial charge in [0.2, 0.25) is 11.8 Å². The summed E-state index contributed by atoms with van der Waals surface area (Å²) in [6.07, 6.45) is -0.306. The molecule has 1 fully saturated rings. The van der Waals surface area contributed by atoms with E-state index in [1.54, 1.807) is 18.2 Å². The molecule has 3 aromatic rings. The van der Waals surface area contributed by atoms with Gasteiger partial charge in [-0.3, -0.25) is 29.4 Å². The van der Waals surface area contributed by atoms with Crippen LogP contribution in [0.3, 0.4) is 0 Å². The van der Waals surface area contributed by atoms with E-state index in [0.717, 1.165) is 4.90 Å². The number of nitrogens with one attached hydrogen (secondary N) is 3. The molecular formula is C46H58N4O14. The molecule has 18 heteroatoms. The molecule has 1 aliphatic carbocycles. The van der Waals surface area contributed by atoms with Crippen LogP contribution in [-0.2, 0) is 52.2 Å². The third-order valence-corrected chi connectivity index (χ3v) is 10.5. The molecule has 0 radical (unpaired) electrons. The second kappa shape index (κ2) is 26.5. The molecule has 1 saturated heterocycles. The SMILES string of the molecule is O=C1CCC(N2C(=O)c3cccc(NCCOCCOCCOCCOCCOCCOCCOCCOCCNC(=O)OCC4c5ccccc5-c5ccccc54)c3C2=O)C(=O)N1. The van der Waals surface area contributed by atoms with E-state index in [-0.39, 0.29) is 36.5 Å². The molecule has 0 saturated carbocycles. The van der Waals surface area contributed by atoms with Crippen LogP contribution in [0.15, 0.2) is 66.7 Å². The number of carbonyl (C=O) groups excluding carboxylic acids is 5. The second-order valence-corrected chi connectivity index (χ2v) is 14.8. The predicted molar refractivity (Wildman–Crippen MR) is 231 cm³/mol. The first-order valence-corrected chi connectivity index (χ1v) is 21.7. The molecule has 64 heavy (non-hydrogen) atoms. The minimum absolute atomic E-state index is 0.0222. The van der Waals surface area contributed by atoms with Crippen molar-refractivity contribution in [3.05, 3.63) is 89.0 Å². The highest BCUT2D eigenvalue weighted by atomic mass is 16.6. The number of piperidine rings is 1. The Labute approximate surface area is 372 Å². The Morgan fingerprint density at radius 3 is 1.55 bits per heavy atom. The molecule has 5 amide bonds. The lowest BCUT2D eigenvalue weighted by Gasteiger charge is -2.27. The van der Waals surface area contributed by atoms with Gasteiger partial charge in [-0.25, -0.2) is 4.79 Å². The molecule has 3 aromatic carbocycles. The number of benzene rings is 3. The molecule has 3 N–H and O–H groups in total. The van der Waals surface area contributed by atoms with E-state index in [9.17, 15) is 24.0 Å². The van der Waals surface area contributed by atoms with Gasteiger partial charge in [0.15, 0.2) is 0 Å². The van der Waals surface area contributed by atoms with Crippen LogP contribution >= 0.6 is 0 Å². The summed E-state index contributed by atoms with van der Waals surface area (Å²) in [5.74, 6) is -2.16. The van der Waals surface area contributed by atoms with E-state index in [0.29, 0.717) is 124 Å². The summed E-state index contributed by atoms with van der Waals surface area (Å²) in [5.41, 5.74) is 5.62. The van der Waals surface area contributed by atoms with Crippen LogP contribution in [0.2, 0.25) is 0 Å². The fourth-order valence-corrected chi connectivity index (χ4v) is 7.44. The molecule has 2 aliphatic heterocycles. The van der Waals surface area contributed by atoms with E-state index in [1.807, 2.05) is 24.3 Å². The van der Waals surface area contributed by atoms with Crippen molar-refractivity contribution in [2.45, 2.75) is 24.8 Å². The van der Waals surface area contributed by atoms with Gasteiger partial charge >= 0.3 is 6.09 Å². The maximum Gasteiger partial charge on any atom is 0.407 e. The van der Waals surface area contributed by atoms with Gasteiger partial charge in [-0.2, -0.15) is 0 Å². The molecule has 0 spiro atoms. The maximum absolute atomic E-state index is 13.2. The van der Waals surface area contributed by atoms with Gasteiger partial charge in [0.25, 0.3) is 11.8 Å². The number of nitrogens with zero attached hydrogens (tertiary/aromatic N) is 1. The number of anilines is 1. The minimum Gasteiger partial charge on any atom is -0.449 e. The Morgan fingerprint density at radius 2 is 1.03 bits per heavy atom. The van der Waals surface area contributed by atoms with E-state index in [2.05, 4.69) is 40.2 Å². The van der Waals surface area contributed by atoms with Gasteiger partial charge in [0.1, 0.15) is 12.6 Å². The summed E-state index contributed by atoms with van der Waals surface area (Å²) in [6, 6.07) is 20.3. The van der Waals surface area contributed by atoms with Gasteiger partial charge in [0.05, 0.1) is 117 Å². The van der Waals surface area contributed by atoms with Crippen LogP contribution in [0, 0.1) is 0 Å². The zero-order chi connectivity index (χ0) is 44.8. The predicted octanol–water partition coefficient (Wildman–Crippen LogP) is 3.17. The second-order valence-electron chi connectivity index (χ2n) is 14.8. The largest absolute Gasteiger partial charge is 0.449 e. The Morgan fingerprint density at radius 1 is 0.562 bits per heavy atom. The smallest absolute Gasteiger partial charge is 0.407 e. The highest BCUT2D eigenvalue weighted by Gasteiger charge is 2.45. The van der Waals surface area contributed by atoms with Crippen molar-refractivity contribution in [3.63, 3.8) is 0 Å². The van der Waals surface area contributed by atoms with Crippen molar-refractivity contribution in [2.75, 3.05) is 131 Å². The van der Waals surface area contributed by atoms with Crippen molar-refractivity contribution in [1.29, 1.82) is 0 Å². The molecule has 0 bridgehead atoms. The molecular weight excluding hydrogens is 833 g/mol. The number of hydrogen-bond donors (Lipinski definition) is 3. The van der Waals surface area contributed by atoms with Crippen LogP contribution in [0.4, 0.5) is 10.5 Å². The lowest BCUT2D eigenvalue weighted by atomic mass is 9.98. The zero-order valence-corrected chi connectivity index (χ0v) is 36.0. The quantitative estimate of drug-likeness (QED) is 0.0627. The van der Waals surface area contributed by atoms with E-state index < -0.39 is 35.8 Å². The molecule has 1 unspecified atom stereocenters. The Kier molecular flexibility index (Phi) is 19.9. The number of imide groups is 2. The topological polar surface area (TPSA) is 208 Å². The monoisotopic (exact) mass is 890 g/mol. The highest BCUT2D eigenvalue weighted by molar-refractivity contribution is 6.25. The first-order valence-electron chi connectivity index (χ1n) is 21.7. The van der Waals surface area contributed by atoms with Crippen LogP contribution in [0.5, 0.6) is 0 Å². The van der Waals surface area contributed by atoms with Gasteiger partial charge in [0, 0.05) is 31.1 Å². The molecule has 1 atom stereocenters. The Bertz CT molecular complexity index is 1950. The van der Waals surface area contributed by atoms with Crippen molar-refractivity contribution >= 4 is 35.4 Å². The molecule has 0 aromatic heterocycles. The van der Waals surface area contributed by atoms with E-state index in [4.69, 9.17) is 42.6 Å². The number of rotatable bonds is 31. The number of ether oxygens (including phenoxy) is 9. The first-order chi connectivity index (χ1) is 31.4. The minimum atomic E-state index is -1.02. The molecule has 3 aliphatic rings. The number of alkyl carbamates (subject to hydrolysis) is 1. The number of hydrogen-bond acceptors (Lipinski definition) is 15. The lowest BCUT2D eigenvalue weighted by Crippen LogP contribution is -2.54. The Balaban J connectivity index is 0.643.